The first kappa shape index (κ1) is 15.5. The number of nitrogens with one attached hydrogen (secondary N) is 1. The molecule has 0 radical (unpaired) electrons. The largest absolute Gasteiger partial charge is 0.353 e. The lowest BCUT2D eigenvalue weighted by atomic mass is 10.1. The fourth-order valence-corrected chi connectivity index (χ4v) is 3.55. The molecule has 0 aromatic carbocycles. The van der Waals surface area contributed by atoms with E-state index in [0.717, 1.165) is 12.8 Å². The average molecular weight is 314 g/mol. The van der Waals surface area contributed by atoms with Gasteiger partial charge in [-0.25, -0.2) is 0 Å². The molecule has 0 aliphatic heterocycles. The minimum atomic E-state index is -0.00657. The zero-order valence-electron chi connectivity index (χ0n) is 11.5. The van der Waals surface area contributed by atoms with Crippen molar-refractivity contribution in [1.29, 1.82) is 0 Å². The number of hydrogen-bond acceptors (Lipinski definition) is 3. The van der Waals surface area contributed by atoms with Crippen LogP contribution in [0.4, 0.5) is 0 Å². The highest BCUT2D eigenvalue weighted by atomic mass is 35.5. The van der Waals surface area contributed by atoms with E-state index in [4.69, 9.17) is 11.6 Å². The molecule has 2 rings (SSSR count). The highest BCUT2D eigenvalue weighted by molar-refractivity contribution is 7.18. The molecule has 1 amide bonds. The van der Waals surface area contributed by atoms with E-state index in [1.54, 1.807) is 12.1 Å². The SMILES string of the molecule is O=C(CCC(=O)c1ccc(Cl)s1)NC1CCCCCC1. The van der Waals surface area contributed by atoms with Crippen LogP contribution in [0.15, 0.2) is 12.1 Å². The first-order valence-electron chi connectivity index (χ1n) is 7.23. The normalized spacial score (nSPS) is 16.6. The Balaban J connectivity index is 1.73. The molecule has 20 heavy (non-hydrogen) atoms. The summed E-state index contributed by atoms with van der Waals surface area (Å²) in [6.07, 6.45) is 7.59. The van der Waals surface area contributed by atoms with E-state index >= 15 is 0 Å². The van der Waals surface area contributed by atoms with Gasteiger partial charge in [-0.3, -0.25) is 9.59 Å². The number of ketones is 1. The minimum absolute atomic E-state index is 0.00193. The zero-order chi connectivity index (χ0) is 14.4. The first-order chi connectivity index (χ1) is 9.65. The van der Waals surface area contributed by atoms with Gasteiger partial charge in [-0.15, -0.1) is 11.3 Å². The maximum absolute atomic E-state index is 11.9. The van der Waals surface area contributed by atoms with Gasteiger partial charge in [-0.05, 0) is 25.0 Å². The molecular weight excluding hydrogens is 294 g/mol. The molecule has 5 heteroatoms. The monoisotopic (exact) mass is 313 g/mol. The predicted octanol–water partition coefficient (Wildman–Crippen LogP) is 4.20. The summed E-state index contributed by atoms with van der Waals surface area (Å²) >= 11 is 7.07. The van der Waals surface area contributed by atoms with Gasteiger partial charge in [-0.2, -0.15) is 0 Å². The van der Waals surface area contributed by atoms with Gasteiger partial charge in [0.05, 0.1) is 9.21 Å². The van der Waals surface area contributed by atoms with Crippen LogP contribution >= 0.6 is 22.9 Å². The van der Waals surface area contributed by atoms with Crippen molar-refractivity contribution >= 4 is 34.6 Å². The number of rotatable bonds is 5. The first-order valence-corrected chi connectivity index (χ1v) is 8.42. The topological polar surface area (TPSA) is 46.2 Å². The Bertz CT molecular complexity index is 464. The molecule has 1 aliphatic carbocycles. The van der Waals surface area contributed by atoms with Crippen LogP contribution < -0.4 is 5.32 Å². The summed E-state index contributed by atoms with van der Waals surface area (Å²) in [5.41, 5.74) is 0. The van der Waals surface area contributed by atoms with Gasteiger partial charge < -0.3 is 5.32 Å². The summed E-state index contributed by atoms with van der Waals surface area (Å²) in [5.74, 6) is -0.00850. The Labute approximate surface area is 128 Å². The van der Waals surface area contributed by atoms with Crippen molar-refractivity contribution < 1.29 is 9.59 Å². The van der Waals surface area contributed by atoms with Crippen LogP contribution in [-0.4, -0.2) is 17.7 Å². The van der Waals surface area contributed by atoms with Gasteiger partial charge >= 0.3 is 0 Å². The molecule has 1 fully saturated rings. The van der Waals surface area contributed by atoms with Crippen LogP contribution in [0.3, 0.4) is 0 Å². The van der Waals surface area contributed by atoms with Crippen LogP contribution in [0.1, 0.15) is 61.0 Å². The van der Waals surface area contributed by atoms with E-state index in [-0.39, 0.29) is 24.5 Å². The second-order valence-electron chi connectivity index (χ2n) is 5.28. The molecule has 1 saturated carbocycles. The number of hydrogen-bond donors (Lipinski definition) is 1. The highest BCUT2D eigenvalue weighted by Gasteiger charge is 2.16. The lowest BCUT2D eigenvalue weighted by Gasteiger charge is -2.15. The third kappa shape index (κ3) is 4.91. The molecule has 3 nitrogen and oxygen atoms in total. The predicted molar refractivity (Wildman–Crippen MR) is 82.5 cm³/mol. The number of thiophene rings is 1. The van der Waals surface area contributed by atoms with E-state index in [1.165, 1.54) is 37.0 Å². The molecule has 0 saturated heterocycles. The van der Waals surface area contributed by atoms with Gasteiger partial charge in [0.1, 0.15) is 0 Å². The fraction of sp³-hybridized carbons (Fsp3) is 0.600. The van der Waals surface area contributed by atoms with E-state index in [0.29, 0.717) is 15.3 Å². The molecule has 1 aromatic rings. The van der Waals surface area contributed by atoms with Gasteiger partial charge in [0.15, 0.2) is 5.78 Å². The maximum atomic E-state index is 11.9. The van der Waals surface area contributed by atoms with Crippen molar-refractivity contribution in [2.24, 2.45) is 0 Å². The van der Waals surface area contributed by atoms with Crippen LogP contribution in [0, 0.1) is 0 Å². The van der Waals surface area contributed by atoms with Crippen LogP contribution in [0.5, 0.6) is 0 Å². The van der Waals surface area contributed by atoms with Crippen molar-refractivity contribution in [2.75, 3.05) is 0 Å². The Morgan fingerprint density at radius 3 is 2.45 bits per heavy atom. The van der Waals surface area contributed by atoms with Crippen molar-refractivity contribution in [3.8, 4) is 0 Å². The van der Waals surface area contributed by atoms with Crippen LogP contribution in [0.25, 0.3) is 0 Å². The van der Waals surface area contributed by atoms with Gasteiger partial charge in [0.2, 0.25) is 5.91 Å². The number of amides is 1. The Morgan fingerprint density at radius 2 is 1.85 bits per heavy atom. The molecule has 1 aliphatic rings. The quantitative estimate of drug-likeness (QED) is 0.654. The molecule has 1 N–H and O–H groups in total. The Morgan fingerprint density at radius 1 is 1.15 bits per heavy atom. The van der Waals surface area contributed by atoms with Crippen molar-refractivity contribution in [2.45, 2.75) is 57.4 Å². The molecule has 0 bridgehead atoms. The van der Waals surface area contributed by atoms with E-state index in [9.17, 15) is 9.59 Å². The van der Waals surface area contributed by atoms with E-state index in [1.807, 2.05) is 0 Å². The third-order valence-corrected chi connectivity index (χ3v) is 4.92. The standard InChI is InChI=1S/C15H20ClNO2S/c16-14-9-8-13(20-14)12(18)7-10-15(19)17-11-5-3-1-2-4-6-11/h8-9,11H,1-7,10H2,(H,17,19). The molecule has 0 atom stereocenters. The molecule has 110 valence electrons. The molecule has 1 aromatic heterocycles. The number of Topliss-reactive ketones (excluding diaryl/α,β-unsaturated/α-hetero) is 1. The van der Waals surface area contributed by atoms with E-state index in [2.05, 4.69) is 5.32 Å². The van der Waals surface area contributed by atoms with Crippen molar-refractivity contribution in [1.82, 2.24) is 5.32 Å². The third-order valence-electron chi connectivity index (χ3n) is 3.65. The summed E-state index contributed by atoms with van der Waals surface area (Å²) in [5, 5.41) is 3.06. The lowest BCUT2D eigenvalue weighted by Crippen LogP contribution is -2.34. The van der Waals surface area contributed by atoms with Gasteiger partial charge in [0, 0.05) is 18.9 Å². The van der Waals surface area contributed by atoms with Crippen molar-refractivity contribution in [3.05, 3.63) is 21.3 Å². The van der Waals surface area contributed by atoms with Crippen LogP contribution in [-0.2, 0) is 4.79 Å². The summed E-state index contributed by atoms with van der Waals surface area (Å²) < 4.78 is 0.608. The number of carbonyl (C=O) groups excluding carboxylic acids is 2. The summed E-state index contributed by atoms with van der Waals surface area (Å²) in [6, 6.07) is 3.74. The summed E-state index contributed by atoms with van der Waals surface area (Å²) in [7, 11) is 0. The van der Waals surface area contributed by atoms with Crippen molar-refractivity contribution in [3.63, 3.8) is 0 Å². The second-order valence-corrected chi connectivity index (χ2v) is 7.00. The maximum Gasteiger partial charge on any atom is 0.220 e. The minimum Gasteiger partial charge on any atom is -0.353 e. The Kier molecular flexibility index (Phi) is 6.05. The summed E-state index contributed by atoms with van der Waals surface area (Å²) in [6.45, 7) is 0. The van der Waals surface area contributed by atoms with Gasteiger partial charge in [-0.1, -0.05) is 37.3 Å². The zero-order valence-corrected chi connectivity index (χ0v) is 13.1. The summed E-state index contributed by atoms with van der Waals surface area (Å²) in [4.78, 5) is 24.4. The fourth-order valence-electron chi connectivity index (χ4n) is 2.54. The highest BCUT2D eigenvalue weighted by Crippen LogP contribution is 2.23. The molecule has 0 unspecified atom stereocenters. The Hall–Kier alpha value is -0.870. The average Bonchev–Trinajstić information content (AvgIpc) is 2.70. The van der Waals surface area contributed by atoms with Crippen LogP contribution in [0.2, 0.25) is 4.34 Å². The lowest BCUT2D eigenvalue weighted by molar-refractivity contribution is -0.121. The van der Waals surface area contributed by atoms with Gasteiger partial charge in [0.25, 0.3) is 0 Å². The molecule has 0 spiro atoms. The second kappa shape index (κ2) is 7.79. The number of carbonyl (C=O) groups is 2. The molecular formula is C15H20ClNO2S. The number of halogens is 1. The van der Waals surface area contributed by atoms with E-state index < -0.39 is 0 Å². The smallest absolute Gasteiger partial charge is 0.220 e. The molecule has 1 heterocycles.